The number of amides is 3. The Bertz CT molecular complexity index is 819. The van der Waals surface area contributed by atoms with Crippen molar-refractivity contribution >= 4 is 17.9 Å². The molecule has 35 heavy (non-hydrogen) atoms. The van der Waals surface area contributed by atoms with Gasteiger partial charge in [-0.15, -0.1) is 0 Å². The van der Waals surface area contributed by atoms with E-state index in [1.165, 1.54) is 11.0 Å². The van der Waals surface area contributed by atoms with Gasteiger partial charge in [-0.25, -0.2) is 4.79 Å². The highest BCUT2D eigenvalue weighted by atomic mass is 16.6. The molecule has 8 heteroatoms. The van der Waals surface area contributed by atoms with E-state index in [9.17, 15) is 19.5 Å². The standard InChI is InChI=1S/C27H45N3O5/c1-8-9-12-17-28-25(33)24(21-13-10-11-14-22(21)31)30(20(4)16-15-19(2)3)23(32)18-29-26(34)35-27(5,6)7/h10-11,13-14,19-20,24,31H,8-9,12,15-18H2,1-7H3,(H,28,33)(H,29,34). The van der Waals surface area contributed by atoms with Crippen molar-refractivity contribution < 1.29 is 24.2 Å². The maximum absolute atomic E-state index is 13.5. The Morgan fingerprint density at radius 1 is 1.03 bits per heavy atom. The van der Waals surface area contributed by atoms with Gasteiger partial charge in [0, 0.05) is 18.2 Å². The molecule has 0 aromatic heterocycles. The van der Waals surface area contributed by atoms with E-state index in [-0.39, 0.29) is 24.2 Å². The number of carbonyl (C=O) groups excluding carboxylic acids is 3. The first kappa shape index (κ1) is 30.3. The minimum Gasteiger partial charge on any atom is -0.508 e. The van der Waals surface area contributed by atoms with Crippen LogP contribution in [-0.2, 0) is 14.3 Å². The van der Waals surface area contributed by atoms with Gasteiger partial charge in [0.25, 0.3) is 0 Å². The normalized spacial score (nSPS) is 13.1. The van der Waals surface area contributed by atoms with Crippen LogP contribution in [0.25, 0.3) is 0 Å². The summed E-state index contributed by atoms with van der Waals surface area (Å²) in [6, 6.07) is 5.22. The zero-order valence-electron chi connectivity index (χ0n) is 22.5. The molecule has 0 saturated heterocycles. The average molecular weight is 492 g/mol. The molecule has 2 atom stereocenters. The fourth-order valence-corrected chi connectivity index (χ4v) is 3.73. The van der Waals surface area contributed by atoms with Gasteiger partial charge in [0.15, 0.2) is 0 Å². The number of aromatic hydroxyl groups is 1. The summed E-state index contributed by atoms with van der Waals surface area (Å²) in [6.45, 7) is 13.6. The molecule has 0 heterocycles. The van der Waals surface area contributed by atoms with E-state index in [0.717, 1.165) is 25.7 Å². The lowest BCUT2D eigenvalue weighted by Gasteiger charge is -2.37. The maximum Gasteiger partial charge on any atom is 0.408 e. The van der Waals surface area contributed by atoms with E-state index in [0.29, 0.717) is 24.4 Å². The Kier molecular flexibility index (Phi) is 12.6. The van der Waals surface area contributed by atoms with Crippen molar-refractivity contribution in [2.24, 2.45) is 5.92 Å². The Morgan fingerprint density at radius 3 is 2.26 bits per heavy atom. The highest BCUT2D eigenvalue weighted by molar-refractivity contribution is 5.91. The van der Waals surface area contributed by atoms with Gasteiger partial charge in [0.05, 0.1) is 0 Å². The maximum atomic E-state index is 13.5. The number of phenols is 1. The van der Waals surface area contributed by atoms with Gasteiger partial charge in [0.2, 0.25) is 11.8 Å². The van der Waals surface area contributed by atoms with E-state index in [1.54, 1.807) is 39.0 Å². The Labute approximate surface area is 210 Å². The molecule has 2 unspecified atom stereocenters. The largest absolute Gasteiger partial charge is 0.508 e. The summed E-state index contributed by atoms with van der Waals surface area (Å²) in [5.74, 6) is -0.426. The van der Waals surface area contributed by atoms with E-state index >= 15 is 0 Å². The highest BCUT2D eigenvalue weighted by Crippen LogP contribution is 2.32. The van der Waals surface area contributed by atoms with Gasteiger partial charge < -0.3 is 25.4 Å². The predicted octanol–water partition coefficient (Wildman–Crippen LogP) is 4.92. The molecule has 0 bridgehead atoms. The molecule has 3 amide bonds. The molecule has 0 fully saturated rings. The molecule has 8 nitrogen and oxygen atoms in total. The number of hydrogen-bond acceptors (Lipinski definition) is 5. The number of para-hydroxylation sites is 1. The lowest BCUT2D eigenvalue weighted by molar-refractivity contribution is -0.142. The van der Waals surface area contributed by atoms with Crippen molar-refractivity contribution in [3.05, 3.63) is 29.8 Å². The number of hydrogen-bond donors (Lipinski definition) is 3. The molecule has 0 aliphatic rings. The Hall–Kier alpha value is -2.77. The molecule has 0 saturated carbocycles. The average Bonchev–Trinajstić information content (AvgIpc) is 2.76. The van der Waals surface area contributed by atoms with Crippen molar-refractivity contribution in [2.45, 2.75) is 98.3 Å². The smallest absolute Gasteiger partial charge is 0.408 e. The molecular weight excluding hydrogens is 446 g/mol. The van der Waals surface area contributed by atoms with Gasteiger partial charge >= 0.3 is 6.09 Å². The predicted molar refractivity (Wildman–Crippen MR) is 138 cm³/mol. The first-order chi connectivity index (χ1) is 16.4. The summed E-state index contributed by atoms with van der Waals surface area (Å²) >= 11 is 0. The molecule has 0 aliphatic heterocycles. The quantitative estimate of drug-likeness (QED) is 0.340. The lowest BCUT2D eigenvalue weighted by Crippen LogP contribution is -2.51. The molecule has 198 valence electrons. The summed E-state index contributed by atoms with van der Waals surface area (Å²) in [4.78, 5) is 40.6. The summed E-state index contributed by atoms with van der Waals surface area (Å²) < 4.78 is 5.25. The zero-order valence-corrected chi connectivity index (χ0v) is 22.5. The summed E-state index contributed by atoms with van der Waals surface area (Å²) in [5.41, 5.74) is -0.351. The second-order valence-corrected chi connectivity index (χ2v) is 10.4. The third-order valence-corrected chi connectivity index (χ3v) is 5.54. The van der Waals surface area contributed by atoms with Gasteiger partial charge in [-0.05, 0) is 58.9 Å². The first-order valence-electron chi connectivity index (χ1n) is 12.7. The highest BCUT2D eigenvalue weighted by Gasteiger charge is 2.36. The van der Waals surface area contributed by atoms with Gasteiger partial charge in [-0.2, -0.15) is 0 Å². The summed E-state index contributed by atoms with van der Waals surface area (Å²) in [7, 11) is 0. The number of nitrogens with one attached hydrogen (secondary N) is 2. The Balaban J connectivity index is 3.28. The SMILES string of the molecule is CCCCCNC(=O)C(c1ccccc1O)N(C(=O)CNC(=O)OC(C)(C)C)C(C)CCC(C)C. The fraction of sp³-hybridized carbons (Fsp3) is 0.667. The van der Waals surface area contributed by atoms with Crippen LogP contribution in [0.5, 0.6) is 5.75 Å². The number of benzene rings is 1. The van der Waals surface area contributed by atoms with E-state index < -0.39 is 23.6 Å². The third-order valence-electron chi connectivity index (χ3n) is 5.54. The molecule has 1 aromatic rings. The van der Waals surface area contributed by atoms with Crippen molar-refractivity contribution in [3.8, 4) is 5.75 Å². The number of ether oxygens (including phenoxy) is 1. The van der Waals surface area contributed by atoms with Gasteiger partial charge in [-0.3, -0.25) is 9.59 Å². The van der Waals surface area contributed by atoms with Crippen molar-refractivity contribution in [1.29, 1.82) is 0 Å². The Morgan fingerprint density at radius 2 is 1.69 bits per heavy atom. The molecular formula is C27H45N3O5. The van der Waals surface area contributed by atoms with Crippen LogP contribution in [0, 0.1) is 5.92 Å². The van der Waals surface area contributed by atoms with Gasteiger partial charge in [-0.1, -0.05) is 51.8 Å². The minimum atomic E-state index is -1.03. The number of carbonyl (C=O) groups is 3. The third kappa shape index (κ3) is 11.0. The van der Waals surface area contributed by atoms with Crippen LogP contribution in [0.1, 0.15) is 92.2 Å². The topological polar surface area (TPSA) is 108 Å². The minimum absolute atomic E-state index is 0.0600. The number of nitrogens with zero attached hydrogens (tertiary/aromatic N) is 1. The van der Waals surface area contributed by atoms with E-state index in [1.807, 2.05) is 6.92 Å². The number of unbranched alkanes of at least 4 members (excludes halogenated alkanes) is 2. The number of phenolic OH excluding ortho intramolecular Hbond substituents is 1. The second-order valence-electron chi connectivity index (χ2n) is 10.4. The van der Waals surface area contributed by atoms with E-state index in [2.05, 4.69) is 31.4 Å². The zero-order chi connectivity index (χ0) is 26.6. The first-order valence-corrected chi connectivity index (χ1v) is 12.7. The molecule has 1 aromatic carbocycles. The van der Waals surface area contributed by atoms with Crippen LogP contribution in [0.4, 0.5) is 4.79 Å². The lowest BCUT2D eigenvalue weighted by atomic mass is 9.97. The number of alkyl carbamates (subject to hydrolysis) is 1. The number of rotatable bonds is 13. The van der Waals surface area contributed by atoms with Crippen LogP contribution in [0.3, 0.4) is 0 Å². The second kappa shape index (κ2) is 14.6. The monoisotopic (exact) mass is 491 g/mol. The van der Waals surface area contributed by atoms with Crippen LogP contribution in [0.15, 0.2) is 24.3 Å². The van der Waals surface area contributed by atoms with E-state index in [4.69, 9.17) is 4.74 Å². The van der Waals surface area contributed by atoms with Crippen LogP contribution in [0.2, 0.25) is 0 Å². The van der Waals surface area contributed by atoms with Crippen molar-refractivity contribution in [3.63, 3.8) is 0 Å². The van der Waals surface area contributed by atoms with Crippen molar-refractivity contribution in [1.82, 2.24) is 15.5 Å². The molecule has 1 rings (SSSR count). The fourth-order valence-electron chi connectivity index (χ4n) is 3.73. The molecule has 0 radical (unpaired) electrons. The summed E-state index contributed by atoms with van der Waals surface area (Å²) in [5, 5.41) is 16.1. The van der Waals surface area contributed by atoms with Crippen molar-refractivity contribution in [2.75, 3.05) is 13.1 Å². The van der Waals surface area contributed by atoms with Gasteiger partial charge in [0.1, 0.15) is 23.9 Å². The van der Waals surface area contributed by atoms with Crippen LogP contribution < -0.4 is 10.6 Å². The summed E-state index contributed by atoms with van der Waals surface area (Å²) in [6.07, 6.45) is 3.65. The van der Waals surface area contributed by atoms with Crippen LogP contribution >= 0.6 is 0 Å². The molecule has 0 aliphatic carbocycles. The van der Waals surface area contributed by atoms with Crippen LogP contribution in [-0.4, -0.2) is 52.6 Å². The molecule has 3 N–H and O–H groups in total. The molecule has 0 spiro atoms.